The van der Waals surface area contributed by atoms with Crippen molar-refractivity contribution in [2.45, 2.75) is 46.9 Å². The van der Waals surface area contributed by atoms with Crippen LogP contribution in [-0.2, 0) is 22.6 Å². The molecule has 0 spiro atoms. The first-order valence-corrected chi connectivity index (χ1v) is 6.52. The highest BCUT2D eigenvalue weighted by Gasteiger charge is 2.06. The standard InChI is InChI=1S/C14H24N2O2/c1-11(2)7-15-8-13-5-6-16(9-13)10-14(17)18-12(3)4/h5-6,9,11-12,15H,7-8,10H2,1-4H3. The van der Waals surface area contributed by atoms with Gasteiger partial charge in [0.15, 0.2) is 0 Å². The molecule has 102 valence electrons. The van der Waals surface area contributed by atoms with Gasteiger partial charge in [-0.05, 0) is 37.9 Å². The third-order valence-electron chi connectivity index (χ3n) is 2.37. The van der Waals surface area contributed by atoms with Gasteiger partial charge >= 0.3 is 5.97 Å². The molecule has 0 amide bonds. The molecule has 0 aliphatic heterocycles. The van der Waals surface area contributed by atoms with Gasteiger partial charge in [0, 0.05) is 18.9 Å². The maximum Gasteiger partial charge on any atom is 0.326 e. The molecule has 0 saturated carbocycles. The van der Waals surface area contributed by atoms with E-state index in [1.807, 2.05) is 36.9 Å². The molecule has 18 heavy (non-hydrogen) atoms. The molecule has 0 aliphatic carbocycles. The van der Waals surface area contributed by atoms with Crippen LogP contribution in [0.25, 0.3) is 0 Å². The summed E-state index contributed by atoms with van der Waals surface area (Å²) in [6.07, 6.45) is 3.84. The number of hydrogen-bond acceptors (Lipinski definition) is 3. The number of hydrogen-bond donors (Lipinski definition) is 1. The zero-order chi connectivity index (χ0) is 13.5. The van der Waals surface area contributed by atoms with E-state index in [4.69, 9.17) is 4.74 Å². The van der Waals surface area contributed by atoms with Gasteiger partial charge < -0.3 is 14.6 Å². The second-order valence-electron chi connectivity index (χ2n) is 5.26. The lowest BCUT2D eigenvalue weighted by atomic mass is 10.2. The number of nitrogens with one attached hydrogen (secondary N) is 1. The summed E-state index contributed by atoms with van der Waals surface area (Å²) in [5.41, 5.74) is 1.19. The van der Waals surface area contributed by atoms with Crippen molar-refractivity contribution in [3.05, 3.63) is 24.0 Å². The van der Waals surface area contributed by atoms with Crippen molar-refractivity contribution in [2.24, 2.45) is 5.92 Å². The molecule has 1 rings (SSSR count). The van der Waals surface area contributed by atoms with E-state index < -0.39 is 0 Å². The Morgan fingerprint density at radius 3 is 2.72 bits per heavy atom. The second-order valence-corrected chi connectivity index (χ2v) is 5.26. The lowest BCUT2D eigenvalue weighted by Gasteiger charge is -2.08. The molecule has 1 aromatic rings. The minimum Gasteiger partial charge on any atom is -0.462 e. The van der Waals surface area contributed by atoms with Gasteiger partial charge in [0.2, 0.25) is 0 Å². The van der Waals surface area contributed by atoms with Crippen molar-refractivity contribution in [1.29, 1.82) is 0 Å². The molecule has 0 fully saturated rings. The normalized spacial score (nSPS) is 11.2. The zero-order valence-corrected chi connectivity index (χ0v) is 11.8. The molecule has 0 atom stereocenters. The number of nitrogens with zero attached hydrogens (tertiary/aromatic N) is 1. The average molecular weight is 252 g/mol. The van der Waals surface area contributed by atoms with Gasteiger partial charge in [-0.15, -0.1) is 0 Å². The first kappa shape index (κ1) is 14.8. The molecule has 4 heteroatoms. The SMILES string of the molecule is CC(C)CNCc1ccn(CC(=O)OC(C)C)c1. The maximum absolute atomic E-state index is 11.5. The number of aromatic nitrogens is 1. The molecular formula is C14H24N2O2. The first-order chi connectivity index (χ1) is 8.47. The van der Waals surface area contributed by atoms with E-state index >= 15 is 0 Å². The van der Waals surface area contributed by atoms with Gasteiger partial charge in [-0.25, -0.2) is 0 Å². The Balaban J connectivity index is 2.36. The molecule has 0 saturated heterocycles. The van der Waals surface area contributed by atoms with Crippen LogP contribution in [0.5, 0.6) is 0 Å². The minimum atomic E-state index is -0.192. The van der Waals surface area contributed by atoms with E-state index in [0.29, 0.717) is 5.92 Å². The highest BCUT2D eigenvalue weighted by atomic mass is 16.5. The molecule has 0 aliphatic rings. The third kappa shape index (κ3) is 5.87. The fourth-order valence-electron chi connectivity index (χ4n) is 1.65. The summed E-state index contributed by atoms with van der Waals surface area (Å²) < 4.78 is 6.96. The number of rotatable bonds is 7. The number of carbonyl (C=O) groups excluding carboxylic acids is 1. The Morgan fingerprint density at radius 1 is 1.39 bits per heavy atom. The molecule has 4 nitrogen and oxygen atoms in total. The van der Waals surface area contributed by atoms with Crippen LogP contribution < -0.4 is 5.32 Å². The van der Waals surface area contributed by atoms with Crippen molar-refractivity contribution in [2.75, 3.05) is 6.54 Å². The molecular weight excluding hydrogens is 228 g/mol. The maximum atomic E-state index is 11.5. The lowest BCUT2D eigenvalue weighted by molar-refractivity contribution is -0.148. The number of ether oxygens (including phenoxy) is 1. The van der Waals surface area contributed by atoms with Crippen molar-refractivity contribution < 1.29 is 9.53 Å². The van der Waals surface area contributed by atoms with Gasteiger partial charge in [-0.3, -0.25) is 4.79 Å². The van der Waals surface area contributed by atoms with Gasteiger partial charge in [0.1, 0.15) is 6.54 Å². The van der Waals surface area contributed by atoms with E-state index in [9.17, 15) is 4.79 Å². The molecule has 0 radical (unpaired) electrons. The summed E-state index contributed by atoms with van der Waals surface area (Å²) in [4.78, 5) is 11.5. The highest BCUT2D eigenvalue weighted by molar-refractivity contribution is 5.69. The monoisotopic (exact) mass is 252 g/mol. The fraction of sp³-hybridized carbons (Fsp3) is 0.643. The summed E-state index contributed by atoms with van der Waals surface area (Å²) >= 11 is 0. The van der Waals surface area contributed by atoms with E-state index in [1.165, 1.54) is 5.56 Å². The summed E-state index contributed by atoms with van der Waals surface area (Å²) in [6.45, 7) is 10.2. The molecule has 1 N–H and O–H groups in total. The van der Waals surface area contributed by atoms with Gasteiger partial charge in [0.25, 0.3) is 0 Å². The van der Waals surface area contributed by atoms with Crippen LogP contribution in [0.2, 0.25) is 0 Å². The second kappa shape index (κ2) is 7.21. The Bertz CT molecular complexity index is 370. The van der Waals surface area contributed by atoms with Gasteiger partial charge in [-0.2, -0.15) is 0 Å². The van der Waals surface area contributed by atoms with Crippen LogP contribution in [-0.4, -0.2) is 23.2 Å². The van der Waals surface area contributed by atoms with Crippen LogP contribution in [0.3, 0.4) is 0 Å². The predicted octanol–water partition coefficient (Wildman–Crippen LogP) is 2.19. The van der Waals surface area contributed by atoms with Crippen molar-refractivity contribution >= 4 is 5.97 Å². The number of esters is 1. The first-order valence-electron chi connectivity index (χ1n) is 6.52. The topological polar surface area (TPSA) is 43.3 Å². The Labute approximate surface area is 109 Å². The van der Waals surface area contributed by atoms with Crippen molar-refractivity contribution in [1.82, 2.24) is 9.88 Å². The molecule has 0 bridgehead atoms. The minimum absolute atomic E-state index is 0.0553. The van der Waals surface area contributed by atoms with Crippen molar-refractivity contribution in [3.8, 4) is 0 Å². The lowest BCUT2D eigenvalue weighted by Crippen LogP contribution is -2.19. The van der Waals surface area contributed by atoms with Gasteiger partial charge in [-0.1, -0.05) is 13.8 Å². The Morgan fingerprint density at radius 2 is 2.11 bits per heavy atom. The van der Waals surface area contributed by atoms with E-state index in [-0.39, 0.29) is 18.6 Å². The summed E-state index contributed by atoms with van der Waals surface area (Å²) in [7, 11) is 0. The molecule has 1 heterocycles. The quantitative estimate of drug-likeness (QED) is 0.756. The highest BCUT2D eigenvalue weighted by Crippen LogP contribution is 2.02. The number of carbonyl (C=O) groups is 1. The molecule has 1 aromatic heterocycles. The predicted molar refractivity (Wildman–Crippen MR) is 72.2 cm³/mol. The van der Waals surface area contributed by atoms with Crippen LogP contribution in [0.4, 0.5) is 0 Å². The summed E-state index contributed by atoms with van der Waals surface area (Å²) in [5, 5.41) is 3.37. The summed E-state index contributed by atoms with van der Waals surface area (Å²) in [6, 6.07) is 2.02. The van der Waals surface area contributed by atoms with Crippen LogP contribution >= 0.6 is 0 Å². The van der Waals surface area contributed by atoms with E-state index in [2.05, 4.69) is 19.2 Å². The summed E-state index contributed by atoms with van der Waals surface area (Å²) in [5.74, 6) is 0.454. The Hall–Kier alpha value is -1.29. The van der Waals surface area contributed by atoms with Gasteiger partial charge in [0.05, 0.1) is 6.10 Å². The van der Waals surface area contributed by atoms with E-state index in [0.717, 1.165) is 13.1 Å². The average Bonchev–Trinajstić information content (AvgIpc) is 2.63. The Kier molecular flexibility index (Phi) is 5.92. The smallest absolute Gasteiger partial charge is 0.326 e. The fourth-order valence-corrected chi connectivity index (χ4v) is 1.65. The van der Waals surface area contributed by atoms with E-state index in [1.54, 1.807) is 0 Å². The molecule has 0 unspecified atom stereocenters. The largest absolute Gasteiger partial charge is 0.462 e. The van der Waals surface area contributed by atoms with Crippen molar-refractivity contribution in [3.63, 3.8) is 0 Å². The van der Waals surface area contributed by atoms with Crippen LogP contribution in [0.15, 0.2) is 18.5 Å². The van der Waals surface area contributed by atoms with Crippen LogP contribution in [0.1, 0.15) is 33.3 Å². The van der Waals surface area contributed by atoms with Crippen LogP contribution in [0, 0.1) is 5.92 Å². The third-order valence-corrected chi connectivity index (χ3v) is 2.37. The zero-order valence-electron chi connectivity index (χ0n) is 11.8. The molecule has 0 aromatic carbocycles.